The van der Waals surface area contributed by atoms with Crippen molar-refractivity contribution < 1.29 is 4.74 Å². The number of methoxy groups -OCH3 is 1. The fourth-order valence-corrected chi connectivity index (χ4v) is 5.66. The molecule has 0 radical (unpaired) electrons. The van der Waals surface area contributed by atoms with Crippen LogP contribution in [0, 0.1) is 0 Å². The lowest BCUT2D eigenvalue weighted by Gasteiger charge is -2.30. The molecule has 2 aromatic rings. The maximum absolute atomic E-state index is 5.60. The first kappa shape index (κ1) is 18.9. The smallest absolute Gasteiger partial charge is 0.122 e. The van der Waals surface area contributed by atoms with Crippen LogP contribution in [0.2, 0.25) is 0 Å². The van der Waals surface area contributed by atoms with Gasteiger partial charge in [0.05, 0.1) is 7.11 Å². The van der Waals surface area contributed by atoms with Crippen molar-refractivity contribution in [1.29, 1.82) is 0 Å². The summed E-state index contributed by atoms with van der Waals surface area (Å²) in [5.41, 5.74) is 7.59. The molecule has 0 N–H and O–H groups in total. The predicted octanol–water partition coefficient (Wildman–Crippen LogP) is 5.08. The van der Waals surface area contributed by atoms with E-state index in [-0.39, 0.29) is 0 Å². The number of aryl methyl sites for hydroxylation is 1. The Bertz CT molecular complexity index is 788. The van der Waals surface area contributed by atoms with Crippen molar-refractivity contribution in [3.05, 3.63) is 64.2 Å². The third-order valence-corrected chi connectivity index (χ3v) is 7.17. The minimum Gasteiger partial charge on any atom is -0.496 e. The SMILES string of the molecule is COc1cccc2c1CCCC2CN(C)CCc1ccc2c(c1)CSCC2. The van der Waals surface area contributed by atoms with E-state index in [9.17, 15) is 0 Å². The van der Waals surface area contributed by atoms with Gasteiger partial charge in [-0.3, -0.25) is 0 Å². The van der Waals surface area contributed by atoms with Gasteiger partial charge in [-0.2, -0.15) is 11.8 Å². The normalized spacial score (nSPS) is 18.9. The molecule has 27 heavy (non-hydrogen) atoms. The molecule has 144 valence electrons. The maximum Gasteiger partial charge on any atom is 0.122 e. The second-order valence-electron chi connectivity index (χ2n) is 8.04. The monoisotopic (exact) mass is 381 g/mol. The van der Waals surface area contributed by atoms with Gasteiger partial charge >= 0.3 is 0 Å². The molecule has 1 unspecified atom stereocenters. The summed E-state index contributed by atoms with van der Waals surface area (Å²) in [5.74, 6) is 4.18. The fourth-order valence-electron chi connectivity index (χ4n) is 4.66. The van der Waals surface area contributed by atoms with Crippen LogP contribution in [-0.4, -0.2) is 37.9 Å². The second-order valence-corrected chi connectivity index (χ2v) is 9.14. The number of hydrogen-bond donors (Lipinski definition) is 0. The van der Waals surface area contributed by atoms with Crippen LogP contribution in [0.15, 0.2) is 36.4 Å². The number of ether oxygens (including phenoxy) is 1. The van der Waals surface area contributed by atoms with E-state index in [1.807, 2.05) is 0 Å². The Hall–Kier alpha value is -1.45. The van der Waals surface area contributed by atoms with Gasteiger partial charge in [-0.15, -0.1) is 0 Å². The van der Waals surface area contributed by atoms with Gasteiger partial charge in [-0.1, -0.05) is 30.3 Å². The maximum atomic E-state index is 5.60. The van der Waals surface area contributed by atoms with E-state index < -0.39 is 0 Å². The van der Waals surface area contributed by atoms with Gasteiger partial charge in [0.25, 0.3) is 0 Å². The lowest BCUT2D eigenvalue weighted by molar-refractivity contribution is 0.299. The van der Waals surface area contributed by atoms with Gasteiger partial charge in [0.15, 0.2) is 0 Å². The number of rotatable bonds is 6. The Morgan fingerprint density at radius 3 is 2.96 bits per heavy atom. The Morgan fingerprint density at radius 1 is 1.15 bits per heavy atom. The van der Waals surface area contributed by atoms with Crippen molar-refractivity contribution >= 4 is 11.8 Å². The zero-order chi connectivity index (χ0) is 18.6. The van der Waals surface area contributed by atoms with Crippen molar-refractivity contribution in [2.45, 2.75) is 43.8 Å². The van der Waals surface area contributed by atoms with E-state index in [2.05, 4.69) is 60.1 Å². The minimum atomic E-state index is 0.633. The number of thioether (sulfide) groups is 1. The molecule has 0 bridgehead atoms. The molecule has 0 spiro atoms. The second kappa shape index (κ2) is 8.70. The van der Waals surface area contributed by atoms with Crippen molar-refractivity contribution in [3.8, 4) is 5.75 Å². The van der Waals surface area contributed by atoms with Gasteiger partial charge in [0, 0.05) is 18.8 Å². The Morgan fingerprint density at radius 2 is 2.07 bits per heavy atom. The zero-order valence-corrected chi connectivity index (χ0v) is 17.5. The highest BCUT2D eigenvalue weighted by molar-refractivity contribution is 7.98. The molecule has 0 amide bonds. The van der Waals surface area contributed by atoms with E-state index in [1.54, 1.807) is 18.2 Å². The predicted molar refractivity (Wildman–Crippen MR) is 116 cm³/mol. The van der Waals surface area contributed by atoms with Crippen LogP contribution in [0.25, 0.3) is 0 Å². The van der Waals surface area contributed by atoms with Crippen molar-refractivity contribution in [3.63, 3.8) is 0 Å². The van der Waals surface area contributed by atoms with Gasteiger partial charge in [0.2, 0.25) is 0 Å². The third kappa shape index (κ3) is 4.35. The summed E-state index contributed by atoms with van der Waals surface area (Å²) < 4.78 is 5.60. The molecule has 0 saturated carbocycles. The van der Waals surface area contributed by atoms with Gasteiger partial charge in [-0.05, 0) is 84.7 Å². The van der Waals surface area contributed by atoms with E-state index in [0.717, 1.165) is 31.7 Å². The van der Waals surface area contributed by atoms with Crippen LogP contribution in [0.4, 0.5) is 0 Å². The van der Waals surface area contributed by atoms with Crippen molar-refractivity contribution in [2.75, 3.05) is 33.0 Å². The van der Waals surface area contributed by atoms with Crippen LogP contribution in [0.3, 0.4) is 0 Å². The summed E-state index contributed by atoms with van der Waals surface area (Å²) in [6.07, 6.45) is 6.11. The molecule has 1 atom stereocenters. The van der Waals surface area contributed by atoms with E-state index in [4.69, 9.17) is 4.74 Å². The molecule has 1 aliphatic carbocycles. The minimum absolute atomic E-state index is 0.633. The highest BCUT2D eigenvalue weighted by atomic mass is 32.2. The molecule has 2 nitrogen and oxygen atoms in total. The average molecular weight is 382 g/mol. The number of benzene rings is 2. The third-order valence-electron chi connectivity index (χ3n) is 6.17. The fraction of sp³-hybridized carbons (Fsp3) is 0.500. The van der Waals surface area contributed by atoms with Gasteiger partial charge in [-0.25, -0.2) is 0 Å². The Balaban J connectivity index is 1.37. The zero-order valence-electron chi connectivity index (χ0n) is 16.7. The number of hydrogen-bond acceptors (Lipinski definition) is 3. The molecule has 3 heteroatoms. The first-order valence-corrected chi connectivity index (χ1v) is 11.4. The quantitative estimate of drug-likeness (QED) is 0.692. The lowest BCUT2D eigenvalue weighted by atomic mass is 9.82. The molecule has 0 fully saturated rings. The topological polar surface area (TPSA) is 12.5 Å². The lowest BCUT2D eigenvalue weighted by Crippen LogP contribution is -2.28. The molecule has 2 aliphatic rings. The highest BCUT2D eigenvalue weighted by Gasteiger charge is 2.23. The molecule has 0 aromatic heterocycles. The first-order chi connectivity index (χ1) is 13.2. The molecule has 1 aliphatic heterocycles. The molecule has 1 heterocycles. The molecule has 4 rings (SSSR count). The first-order valence-electron chi connectivity index (χ1n) is 10.3. The number of nitrogens with zero attached hydrogens (tertiary/aromatic N) is 1. The summed E-state index contributed by atoms with van der Waals surface area (Å²) in [7, 11) is 4.07. The summed E-state index contributed by atoms with van der Waals surface area (Å²) >= 11 is 2.07. The standard InChI is InChI=1S/C24H31NOS/c1-25(13-11-18-9-10-19-12-14-27-17-21(19)15-18)16-20-5-3-7-23-22(20)6-4-8-24(23)26-2/h4,6,8-10,15,20H,3,5,7,11-14,16-17H2,1-2H3. The number of fused-ring (bicyclic) bond motifs is 2. The molecular weight excluding hydrogens is 350 g/mol. The van der Waals surface area contributed by atoms with Crippen LogP contribution < -0.4 is 4.74 Å². The van der Waals surface area contributed by atoms with Crippen LogP contribution in [-0.2, 0) is 25.0 Å². The van der Waals surface area contributed by atoms with E-state index in [0.29, 0.717) is 5.92 Å². The van der Waals surface area contributed by atoms with E-state index in [1.165, 1.54) is 47.5 Å². The summed E-state index contributed by atoms with van der Waals surface area (Å²) in [5, 5.41) is 0. The number of likely N-dealkylation sites (N-methyl/N-ethyl adjacent to an activating group) is 1. The van der Waals surface area contributed by atoms with Crippen LogP contribution in [0.1, 0.15) is 46.6 Å². The summed E-state index contributed by atoms with van der Waals surface area (Å²) in [4.78, 5) is 2.52. The Labute approximate surface area is 168 Å². The molecule has 0 saturated heterocycles. The van der Waals surface area contributed by atoms with Crippen molar-refractivity contribution in [2.24, 2.45) is 0 Å². The average Bonchev–Trinajstić information content (AvgIpc) is 2.72. The van der Waals surface area contributed by atoms with Crippen LogP contribution in [0.5, 0.6) is 5.75 Å². The van der Waals surface area contributed by atoms with Gasteiger partial charge < -0.3 is 9.64 Å². The molecule has 2 aromatic carbocycles. The van der Waals surface area contributed by atoms with Gasteiger partial charge in [0.1, 0.15) is 5.75 Å². The summed E-state index contributed by atoms with van der Waals surface area (Å²) in [6.45, 7) is 2.27. The van der Waals surface area contributed by atoms with E-state index >= 15 is 0 Å². The Kier molecular flexibility index (Phi) is 6.09. The van der Waals surface area contributed by atoms with Crippen LogP contribution >= 0.6 is 11.8 Å². The molecular formula is C24H31NOS. The van der Waals surface area contributed by atoms with Crippen molar-refractivity contribution in [1.82, 2.24) is 4.90 Å². The summed E-state index contributed by atoms with van der Waals surface area (Å²) in [6, 6.07) is 13.8. The highest BCUT2D eigenvalue weighted by Crippen LogP contribution is 2.37. The largest absolute Gasteiger partial charge is 0.496 e.